The van der Waals surface area contributed by atoms with Gasteiger partial charge < -0.3 is 14.0 Å². The maximum Gasteiger partial charge on any atom is 0.234 e. The van der Waals surface area contributed by atoms with Crippen molar-refractivity contribution in [1.29, 1.82) is 0 Å². The molecule has 0 radical (unpaired) electrons. The van der Waals surface area contributed by atoms with Crippen LogP contribution in [0.2, 0.25) is 0 Å². The molecule has 0 aliphatic carbocycles. The number of ether oxygens (including phenoxy) is 2. The minimum absolute atomic E-state index is 0.377. The highest BCUT2D eigenvalue weighted by atomic mass is 31.2. The highest BCUT2D eigenvalue weighted by Gasteiger charge is 2.51. The van der Waals surface area contributed by atoms with E-state index < -0.39 is 12.7 Å². The van der Waals surface area contributed by atoms with Crippen molar-refractivity contribution in [2.75, 3.05) is 14.2 Å². The molecule has 0 bridgehead atoms. The molecule has 0 saturated heterocycles. The lowest BCUT2D eigenvalue weighted by molar-refractivity contribution is -0.140. The van der Waals surface area contributed by atoms with Crippen LogP contribution < -0.4 is 10.6 Å². The molecule has 0 spiro atoms. The van der Waals surface area contributed by atoms with Crippen molar-refractivity contribution in [3.05, 3.63) is 96.6 Å². The Morgan fingerprint density at radius 3 is 1.46 bits per heavy atom. The summed E-state index contributed by atoms with van der Waals surface area (Å²) < 4.78 is 26.4. The summed E-state index contributed by atoms with van der Waals surface area (Å²) in [6.07, 6.45) is 0.377. The van der Waals surface area contributed by atoms with Crippen molar-refractivity contribution in [3.8, 4) is 0 Å². The van der Waals surface area contributed by atoms with E-state index in [0.717, 1.165) is 5.56 Å². The Morgan fingerprint density at radius 2 is 1.08 bits per heavy atom. The second-order valence-electron chi connectivity index (χ2n) is 6.06. The van der Waals surface area contributed by atoms with Crippen molar-refractivity contribution in [2.45, 2.75) is 11.9 Å². The lowest BCUT2D eigenvalue weighted by Gasteiger charge is -2.39. The molecule has 3 rings (SSSR count). The minimum atomic E-state index is -3.28. The molecule has 0 aliphatic rings. The molecule has 0 aliphatic heterocycles. The van der Waals surface area contributed by atoms with E-state index in [2.05, 4.69) is 0 Å². The topological polar surface area (TPSA) is 35.5 Å². The van der Waals surface area contributed by atoms with Crippen molar-refractivity contribution in [2.24, 2.45) is 0 Å². The monoisotopic (exact) mass is 366 g/mol. The molecule has 0 fully saturated rings. The quantitative estimate of drug-likeness (QED) is 0.465. The van der Waals surface area contributed by atoms with Gasteiger partial charge in [0.1, 0.15) is 0 Å². The number of rotatable bonds is 7. The molecule has 0 unspecified atom stereocenters. The van der Waals surface area contributed by atoms with Crippen LogP contribution >= 0.6 is 7.14 Å². The van der Waals surface area contributed by atoms with Crippen LogP contribution in [0.5, 0.6) is 0 Å². The Morgan fingerprint density at radius 1 is 0.692 bits per heavy atom. The first-order valence-corrected chi connectivity index (χ1v) is 10.2. The first-order chi connectivity index (χ1) is 12.7. The zero-order chi connectivity index (χ0) is 18.5. The molecule has 26 heavy (non-hydrogen) atoms. The Balaban J connectivity index is 2.22. The molecular weight excluding hydrogens is 343 g/mol. The predicted molar refractivity (Wildman–Crippen MR) is 107 cm³/mol. The molecule has 3 nitrogen and oxygen atoms in total. The maximum absolute atomic E-state index is 14.7. The second-order valence-corrected chi connectivity index (χ2v) is 9.00. The normalized spacial score (nSPS) is 12.1. The summed E-state index contributed by atoms with van der Waals surface area (Å²) in [5.74, 6) is 0. The van der Waals surface area contributed by atoms with Crippen LogP contribution in [0.3, 0.4) is 0 Å². The number of benzene rings is 3. The van der Waals surface area contributed by atoms with Crippen molar-refractivity contribution in [3.63, 3.8) is 0 Å². The third-order valence-corrected chi connectivity index (χ3v) is 8.16. The third kappa shape index (κ3) is 3.26. The Hall–Kier alpha value is -2.19. The van der Waals surface area contributed by atoms with E-state index in [1.807, 2.05) is 91.0 Å². The van der Waals surface area contributed by atoms with Crippen LogP contribution in [0.15, 0.2) is 91.0 Å². The van der Waals surface area contributed by atoms with Gasteiger partial charge in [-0.15, -0.1) is 0 Å². The molecule has 0 aromatic heterocycles. The zero-order valence-electron chi connectivity index (χ0n) is 15.0. The van der Waals surface area contributed by atoms with Crippen molar-refractivity contribution >= 4 is 17.8 Å². The highest BCUT2D eigenvalue weighted by molar-refractivity contribution is 7.79. The van der Waals surface area contributed by atoms with Crippen molar-refractivity contribution in [1.82, 2.24) is 0 Å². The largest absolute Gasteiger partial charge is 0.346 e. The van der Waals surface area contributed by atoms with E-state index in [-0.39, 0.29) is 0 Å². The maximum atomic E-state index is 14.7. The molecule has 3 aromatic rings. The van der Waals surface area contributed by atoms with Crippen LogP contribution in [-0.4, -0.2) is 19.7 Å². The zero-order valence-corrected chi connectivity index (χ0v) is 15.9. The SMILES string of the molecule is COC(Cc1ccccc1)(OC)P(=O)(c1ccccc1)c1ccccc1. The summed E-state index contributed by atoms with van der Waals surface area (Å²) in [5, 5.41) is 1.43. The van der Waals surface area contributed by atoms with E-state index in [1.165, 1.54) is 0 Å². The van der Waals surface area contributed by atoms with Gasteiger partial charge in [-0.25, -0.2) is 0 Å². The second kappa shape index (κ2) is 8.01. The lowest BCUT2D eigenvalue weighted by atomic mass is 10.1. The molecular formula is C22H23O3P. The van der Waals surface area contributed by atoms with E-state index in [9.17, 15) is 4.57 Å². The predicted octanol–water partition coefficient (Wildman–Crippen LogP) is 4.19. The lowest BCUT2D eigenvalue weighted by Crippen LogP contribution is -2.43. The molecule has 0 amide bonds. The first kappa shape index (κ1) is 18.6. The van der Waals surface area contributed by atoms with Gasteiger partial charge in [-0.2, -0.15) is 0 Å². The highest BCUT2D eigenvalue weighted by Crippen LogP contribution is 2.58. The smallest absolute Gasteiger partial charge is 0.234 e. The fraction of sp³-hybridized carbons (Fsp3) is 0.182. The van der Waals surface area contributed by atoms with E-state index in [4.69, 9.17) is 9.47 Å². The van der Waals surface area contributed by atoms with Crippen LogP contribution in [0.4, 0.5) is 0 Å². The van der Waals surface area contributed by atoms with Crippen LogP contribution in [0, 0.1) is 0 Å². The molecule has 0 atom stereocenters. The van der Waals surface area contributed by atoms with Gasteiger partial charge in [-0.1, -0.05) is 91.0 Å². The van der Waals surface area contributed by atoms with Gasteiger partial charge >= 0.3 is 0 Å². The summed E-state index contributed by atoms with van der Waals surface area (Å²) in [5.41, 5.74) is -0.292. The Labute approximate surface area is 155 Å². The Kier molecular flexibility index (Phi) is 5.73. The van der Waals surface area contributed by atoms with Crippen molar-refractivity contribution < 1.29 is 14.0 Å². The van der Waals surface area contributed by atoms with Gasteiger partial charge in [-0.3, -0.25) is 0 Å². The molecule has 3 aromatic carbocycles. The third-order valence-electron chi connectivity index (χ3n) is 4.63. The standard InChI is InChI=1S/C22H23O3P/c1-24-22(25-2,18-19-12-6-3-7-13-19)26(23,20-14-8-4-9-15-20)21-16-10-5-11-17-21/h3-17H,18H2,1-2H3. The van der Waals surface area contributed by atoms with Gasteiger partial charge in [-0.05, 0) is 5.56 Å². The Bertz CT molecular complexity index is 816. The number of hydrogen-bond donors (Lipinski definition) is 0. The van der Waals surface area contributed by atoms with Gasteiger partial charge in [0.2, 0.25) is 5.53 Å². The fourth-order valence-corrected chi connectivity index (χ4v) is 6.46. The minimum Gasteiger partial charge on any atom is -0.346 e. The summed E-state index contributed by atoms with van der Waals surface area (Å²) in [6.45, 7) is 0. The molecule has 0 N–H and O–H groups in total. The average Bonchev–Trinajstić information content (AvgIpc) is 2.73. The number of hydrogen-bond acceptors (Lipinski definition) is 3. The molecule has 134 valence electrons. The first-order valence-electron chi connectivity index (χ1n) is 8.52. The van der Waals surface area contributed by atoms with Gasteiger partial charge in [0.15, 0.2) is 7.14 Å². The van der Waals surface area contributed by atoms with Gasteiger partial charge in [0, 0.05) is 31.2 Å². The average molecular weight is 366 g/mol. The van der Waals surface area contributed by atoms with Crippen LogP contribution in [0.25, 0.3) is 0 Å². The summed E-state index contributed by atoms with van der Waals surface area (Å²) in [6, 6.07) is 28.8. The van der Waals surface area contributed by atoms with E-state index in [1.54, 1.807) is 14.2 Å². The van der Waals surface area contributed by atoms with Gasteiger partial charge in [0.25, 0.3) is 0 Å². The van der Waals surface area contributed by atoms with E-state index in [0.29, 0.717) is 17.0 Å². The van der Waals surface area contributed by atoms with Crippen LogP contribution in [0.1, 0.15) is 5.56 Å². The molecule has 4 heteroatoms. The summed E-state index contributed by atoms with van der Waals surface area (Å²) in [4.78, 5) is 0. The number of methoxy groups -OCH3 is 2. The van der Waals surface area contributed by atoms with E-state index >= 15 is 0 Å². The molecule has 0 heterocycles. The fourth-order valence-electron chi connectivity index (χ4n) is 3.27. The van der Waals surface area contributed by atoms with Crippen LogP contribution in [-0.2, 0) is 20.5 Å². The summed E-state index contributed by atoms with van der Waals surface area (Å²) >= 11 is 0. The summed E-state index contributed by atoms with van der Waals surface area (Å²) in [7, 11) is -0.154. The molecule has 0 saturated carbocycles. The van der Waals surface area contributed by atoms with Gasteiger partial charge in [0.05, 0.1) is 0 Å².